The van der Waals surface area contributed by atoms with Gasteiger partial charge in [-0.2, -0.15) is 0 Å². The van der Waals surface area contributed by atoms with E-state index in [2.05, 4.69) is 13.0 Å². The lowest BCUT2D eigenvalue weighted by atomic mass is 9.99. The van der Waals surface area contributed by atoms with Gasteiger partial charge in [-0.3, -0.25) is 9.59 Å². The molecule has 0 atom stereocenters. The smallest absolute Gasteiger partial charge is 0.266 e. The van der Waals surface area contributed by atoms with Crippen LogP contribution in [0.5, 0.6) is 0 Å². The summed E-state index contributed by atoms with van der Waals surface area (Å²) < 4.78 is 0. The van der Waals surface area contributed by atoms with Gasteiger partial charge >= 0.3 is 0 Å². The second-order valence-corrected chi connectivity index (χ2v) is 6.03. The monoisotopic (exact) mass is 315 g/mol. The number of aryl methyl sites for hydroxylation is 1. The first-order chi connectivity index (χ1) is 11.7. The van der Waals surface area contributed by atoms with E-state index >= 15 is 0 Å². The van der Waals surface area contributed by atoms with Gasteiger partial charge in [0.05, 0.1) is 16.8 Å². The number of amides is 2. The number of carbonyl (C=O) groups excluding carboxylic acids is 2. The van der Waals surface area contributed by atoms with E-state index in [0.717, 1.165) is 23.6 Å². The van der Waals surface area contributed by atoms with Crippen molar-refractivity contribution < 1.29 is 9.59 Å². The normalized spacial score (nSPS) is 13.6. The Morgan fingerprint density at radius 3 is 1.96 bits per heavy atom. The van der Waals surface area contributed by atoms with E-state index in [1.54, 1.807) is 24.3 Å². The number of hydrogen-bond acceptors (Lipinski definition) is 2. The number of anilines is 1. The predicted molar refractivity (Wildman–Crippen MR) is 95.5 cm³/mol. The lowest BCUT2D eigenvalue weighted by Crippen LogP contribution is -2.29. The molecule has 0 saturated carbocycles. The lowest BCUT2D eigenvalue weighted by Gasteiger charge is -2.18. The van der Waals surface area contributed by atoms with Crippen LogP contribution in [0.1, 0.15) is 39.6 Å². The fourth-order valence-electron chi connectivity index (χ4n) is 3.44. The van der Waals surface area contributed by atoms with Gasteiger partial charge in [0.1, 0.15) is 0 Å². The van der Waals surface area contributed by atoms with Crippen molar-refractivity contribution in [2.45, 2.75) is 19.8 Å². The molecule has 0 saturated heterocycles. The average Bonchev–Trinajstić information content (AvgIpc) is 2.87. The van der Waals surface area contributed by atoms with Crippen LogP contribution in [0.25, 0.3) is 10.8 Å². The molecule has 0 aromatic heterocycles. The second kappa shape index (κ2) is 5.60. The zero-order valence-corrected chi connectivity index (χ0v) is 13.5. The Morgan fingerprint density at radius 2 is 1.33 bits per heavy atom. The molecule has 0 bridgehead atoms. The van der Waals surface area contributed by atoms with Crippen molar-refractivity contribution in [3.8, 4) is 0 Å². The van der Waals surface area contributed by atoms with Crippen LogP contribution in [0.15, 0.2) is 60.7 Å². The number of benzene rings is 3. The fourth-order valence-corrected chi connectivity index (χ4v) is 3.44. The maximum Gasteiger partial charge on any atom is 0.266 e. The molecule has 3 aromatic carbocycles. The van der Waals surface area contributed by atoms with E-state index in [4.69, 9.17) is 0 Å². The van der Waals surface area contributed by atoms with Gasteiger partial charge in [-0.15, -0.1) is 0 Å². The van der Waals surface area contributed by atoms with E-state index < -0.39 is 0 Å². The Hall–Kier alpha value is -2.94. The predicted octanol–water partition coefficient (Wildman–Crippen LogP) is 4.59. The molecular weight excluding hydrogens is 298 g/mol. The molecule has 0 fully saturated rings. The number of carbonyl (C=O) groups is 2. The van der Waals surface area contributed by atoms with Gasteiger partial charge < -0.3 is 0 Å². The molecule has 0 aliphatic carbocycles. The maximum absolute atomic E-state index is 12.8. The first kappa shape index (κ1) is 14.6. The van der Waals surface area contributed by atoms with Crippen LogP contribution in [-0.4, -0.2) is 11.8 Å². The molecule has 3 heteroatoms. The summed E-state index contributed by atoms with van der Waals surface area (Å²) in [7, 11) is 0. The highest BCUT2D eigenvalue weighted by molar-refractivity contribution is 6.36. The van der Waals surface area contributed by atoms with Gasteiger partial charge in [0.2, 0.25) is 0 Å². The van der Waals surface area contributed by atoms with Crippen LogP contribution in [0.2, 0.25) is 0 Å². The third-order valence-electron chi connectivity index (χ3n) is 4.55. The number of imide groups is 1. The highest BCUT2D eigenvalue weighted by Crippen LogP contribution is 2.35. The van der Waals surface area contributed by atoms with Crippen molar-refractivity contribution in [3.05, 3.63) is 77.4 Å². The second-order valence-electron chi connectivity index (χ2n) is 6.03. The fraction of sp³-hybridized carbons (Fsp3) is 0.143. The minimum Gasteiger partial charge on any atom is -0.268 e. The Bertz CT molecular complexity index is 939. The summed E-state index contributed by atoms with van der Waals surface area (Å²) in [6.45, 7) is 2.15. The number of nitrogens with zero attached hydrogens (tertiary/aromatic N) is 1. The highest BCUT2D eigenvalue weighted by Gasteiger charge is 2.37. The molecule has 1 heterocycles. The summed E-state index contributed by atoms with van der Waals surface area (Å²) in [6.07, 6.45) is 2.03. The molecule has 3 nitrogen and oxygen atoms in total. The summed E-state index contributed by atoms with van der Waals surface area (Å²) >= 11 is 0. The van der Waals surface area contributed by atoms with E-state index in [9.17, 15) is 9.59 Å². The summed E-state index contributed by atoms with van der Waals surface area (Å²) in [5.41, 5.74) is 2.86. The van der Waals surface area contributed by atoms with Gasteiger partial charge in [-0.25, -0.2) is 4.90 Å². The molecule has 0 N–H and O–H groups in total. The first-order valence-electron chi connectivity index (χ1n) is 8.21. The van der Waals surface area contributed by atoms with E-state index in [0.29, 0.717) is 16.8 Å². The van der Waals surface area contributed by atoms with Gasteiger partial charge in [-0.1, -0.05) is 55.8 Å². The molecule has 4 rings (SSSR count). The third-order valence-corrected chi connectivity index (χ3v) is 4.55. The largest absolute Gasteiger partial charge is 0.268 e. The van der Waals surface area contributed by atoms with Crippen molar-refractivity contribution in [2.24, 2.45) is 0 Å². The molecule has 118 valence electrons. The number of fused-ring (bicyclic) bond motifs is 2. The van der Waals surface area contributed by atoms with Crippen molar-refractivity contribution in [1.82, 2.24) is 0 Å². The van der Waals surface area contributed by atoms with E-state index in [1.807, 2.05) is 30.3 Å². The van der Waals surface area contributed by atoms with Gasteiger partial charge in [0, 0.05) is 5.39 Å². The Balaban J connectivity index is 1.91. The molecule has 24 heavy (non-hydrogen) atoms. The van der Waals surface area contributed by atoms with Crippen molar-refractivity contribution in [2.75, 3.05) is 4.90 Å². The van der Waals surface area contributed by atoms with E-state index in [1.165, 1.54) is 10.5 Å². The standard InChI is InChI=1S/C21H17NO2/c1-2-7-14-12-13-19(16-9-4-3-8-15(14)16)22-20(23)17-10-5-6-11-18(17)21(22)24/h3-6,8-13H,2,7H2,1H3. The maximum atomic E-state index is 12.8. The molecule has 2 amide bonds. The van der Waals surface area contributed by atoms with Crippen LogP contribution in [0.3, 0.4) is 0 Å². The van der Waals surface area contributed by atoms with Crippen LogP contribution in [0, 0.1) is 0 Å². The van der Waals surface area contributed by atoms with Crippen molar-refractivity contribution in [3.63, 3.8) is 0 Å². The van der Waals surface area contributed by atoms with Crippen LogP contribution in [-0.2, 0) is 6.42 Å². The summed E-state index contributed by atoms with van der Waals surface area (Å²) in [4.78, 5) is 26.8. The van der Waals surface area contributed by atoms with Crippen LogP contribution < -0.4 is 4.90 Å². The molecule has 0 spiro atoms. The molecule has 0 unspecified atom stereocenters. The number of rotatable bonds is 3. The lowest BCUT2D eigenvalue weighted by molar-refractivity contribution is 0.0926. The summed E-state index contributed by atoms with van der Waals surface area (Å²) in [5.74, 6) is -0.493. The molecule has 0 radical (unpaired) electrons. The van der Waals surface area contributed by atoms with E-state index in [-0.39, 0.29) is 11.8 Å². The van der Waals surface area contributed by atoms with Gasteiger partial charge in [0.15, 0.2) is 0 Å². The number of hydrogen-bond donors (Lipinski definition) is 0. The zero-order valence-electron chi connectivity index (χ0n) is 13.5. The topological polar surface area (TPSA) is 37.4 Å². The van der Waals surface area contributed by atoms with Gasteiger partial charge in [-0.05, 0) is 35.6 Å². The molecule has 1 aliphatic heterocycles. The minimum absolute atomic E-state index is 0.246. The zero-order chi connectivity index (χ0) is 16.7. The molecular formula is C21H17NO2. The van der Waals surface area contributed by atoms with Crippen LogP contribution in [0.4, 0.5) is 5.69 Å². The Morgan fingerprint density at radius 1 is 0.750 bits per heavy atom. The average molecular weight is 315 g/mol. The summed E-state index contributed by atoms with van der Waals surface area (Å²) in [6, 6.07) is 18.9. The molecule has 1 aliphatic rings. The third kappa shape index (κ3) is 2.05. The van der Waals surface area contributed by atoms with Crippen LogP contribution >= 0.6 is 0 Å². The Labute approximate surface area is 140 Å². The SMILES string of the molecule is CCCc1ccc(N2C(=O)c3ccccc3C2=O)c2ccccc12. The first-order valence-corrected chi connectivity index (χ1v) is 8.21. The quantitative estimate of drug-likeness (QED) is 0.663. The summed E-state index contributed by atoms with van der Waals surface area (Å²) in [5, 5.41) is 2.05. The highest BCUT2D eigenvalue weighted by atomic mass is 16.2. The van der Waals surface area contributed by atoms with Crippen molar-refractivity contribution >= 4 is 28.3 Å². The minimum atomic E-state index is -0.246. The molecule has 3 aromatic rings. The van der Waals surface area contributed by atoms with Crippen molar-refractivity contribution in [1.29, 1.82) is 0 Å². The van der Waals surface area contributed by atoms with Gasteiger partial charge in [0.25, 0.3) is 11.8 Å². The Kier molecular flexibility index (Phi) is 3.42.